The summed E-state index contributed by atoms with van der Waals surface area (Å²) in [5.41, 5.74) is 0.622. The molecule has 1 unspecified atom stereocenters. The Morgan fingerprint density at radius 3 is 2.71 bits per heavy atom. The molecular weight excluding hydrogens is 279 g/mol. The molecule has 2 nitrogen and oxygen atoms in total. The first-order chi connectivity index (χ1) is 8.13. The van der Waals surface area contributed by atoms with Gasteiger partial charge in [0.25, 0.3) is 0 Å². The van der Waals surface area contributed by atoms with Crippen molar-refractivity contribution in [2.45, 2.75) is 6.10 Å². The van der Waals surface area contributed by atoms with E-state index in [2.05, 4.69) is 0 Å². The third-order valence-electron chi connectivity index (χ3n) is 2.38. The minimum atomic E-state index is -0.797. The number of aliphatic hydroxyl groups is 1. The predicted octanol–water partition coefficient (Wildman–Crippen LogP) is 4.15. The standard InChI is InChI=1S/C12H10Cl2O2S/c1-16-10-4-5-17-12(10)11(15)8-3-2-7(13)6-9(8)14/h2-6,11,15H,1H3. The zero-order chi connectivity index (χ0) is 12.4. The molecule has 2 rings (SSSR count). The van der Waals surface area contributed by atoms with Crippen LogP contribution in [0.5, 0.6) is 5.75 Å². The van der Waals surface area contributed by atoms with Crippen molar-refractivity contribution in [3.63, 3.8) is 0 Å². The Balaban J connectivity index is 2.40. The van der Waals surface area contributed by atoms with Crippen molar-refractivity contribution in [3.8, 4) is 5.75 Å². The lowest BCUT2D eigenvalue weighted by Crippen LogP contribution is -2.00. The van der Waals surface area contributed by atoms with Crippen molar-refractivity contribution in [1.82, 2.24) is 0 Å². The number of aliphatic hydroxyl groups excluding tert-OH is 1. The molecule has 0 aliphatic carbocycles. The van der Waals surface area contributed by atoms with Crippen LogP contribution >= 0.6 is 34.5 Å². The molecule has 0 saturated heterocycles. The van der Waals surface area contributed by atoms with Gasteiger partial charge in [-0.25, -0.2) is 0 Å². The van der Waals surface area contributed by atoms with Crippen LogP contribution in [0.2, 0.25) is 10.0 Å². The summed E-state index contributed by atoms with van der Waals surface area (Å²) in [5.74, 6) is 0.661. The number of hydrogen-bond acceptors (Lipinski definition) is 3. The van der Waals surface area contributed by atoms with Crippen molar-refractivity contribution >= 4 is 34.5 Å². The summed E-state index contributed by atoms with van der Waals surface area (Å²) in [6, 6.07) is 6.84. The largest absolute Gasteiger partial charge is 0.495 e. The Kier molecular flexibility index (Phi) is 3.94. The highest BCUT2D eigenvalue weighted by Gasteiger charge is 2.19. The van der Waals surface area contributed by atoms with E-state index in [1.165, 1.54) is 11.3 Å². The Bertz CT molecular complexity index is 525. The lowest BCUT2D eigenvalue weighted by atomic mass is 10.1. The van der Waals surface area contributed by atoms with Crippen LogP contribution < -0.4 is 4.74 Å². The van der Waals surface area contributed by atoms with E-state index in [4.69, 9.17) is 27.9 Å². The highest BCUT2D eigenvalue weighted by Crippen LogP contribution is 2.37. The average molecular weight is 289 g/mol. The molecule has 0 bridgehead atoms. The summed E-state index contributed by atoms with van der Waals surface area (Å²) in [4.78, 5) is 0.733. The molecule has 0 amide bonds. The summed E-state index contributed by atoms with van der Waals surface area (Å²) in [6.45, 7) is 0. The summed E-state index contributed by atoms with van der Waals surface area (Å²) < 4.78 is 5.17. The first kappa shape index (κ1) is 12.7. The van der Waals surface area contributed by atoms with Crippen LogP contribution in [0.4, 0.5) is 0 Å². The van der Waals surface area contributed by atoms with Crippen LogP contribution in [0.25, 0.3) is 0 Å². The summed E-state index contributed by atoms with van der Waals surface area (Å²) in [5, 5.41) is 13.1. The Hall–Kier alpha value is -0.740. The summed E-state index contributed by atoms with van der Waals surface area (Å²) in [6.07, 6.45) is -0.797. The maximum Gasteiger partial charge on any atom is 0.135 e. The van der Waals surface area contributed by atoms with Crippen LogP contribution in [-0.4, -0.2) is 12.2 Å². The van der Waals surface area contributed by atoms with Crippen LogP contribution in [0.15, 0.2) is 29.6 Å². The van der Waals surface area contributed by atoms with E-state index >= 15 is 0 Å². The predicted molar refractivity (Wildman–Crippen MR) is 71.4 cm³/mol. The maximum atomic E-state index is 10.3. The van der Waals surface area contributed by atoms with Gasteiger partial charge in [-0.1, -0.05) is 29.3 Å². The molecule has 0 aliphatic rings. The maximum absolute atomic E-state index is 10.3. The van der Waals surface area contributed by atoms with E-state index in [-0.39, 0.29) is 0 Å². The van der Waals surface area contributed by atoms with Crippen LogP contribution in [0.3, 0.4) is 0 Å². The fourth-order valence-corrected chi connectivity index (χ4v) is 2.92. The number of hydrogen-bond donors (Lipinski definition) is 1. The highest BCUT2D eigenvalue weighted by atomic mass is 35.5. The third kappa shape index (κ3) is 2.58. The number of thiophene rings is 1. The highest BCUT2D eigenvalue weighted by molar-refractivity contribution is 7.10. The lowest BCUT2D eigenvalue weighted by molar-refractivity contribution is 0.219. The molecule has 0 aliphatic heterocycles. The van der Waals surface area contributed by atoms with Gasteiger partial charge >= 0.3 is 0 Å². The van der Waals surface area contributed by atoms with Gasteiger partial charge in [0.05, 0.1) is 12.0 Å². The van der Waals surface area contributed by atoms with Crippen molar-refractivity contribution in [2.75, 3.05) is 7.11 Å². The number of rotatable bonds is 3. The van der Waals surface area contributed by atoms with Gasteiger partial charge in [-0.3, -0.25) is 0 Å². The van der Waals surface area contributed by atoms with Crippen molar-refractivity contribution < 1.29 is 9.84 Å². The number of ether oxygens (including phenoxy) is 1. The minimum Gasteiger partial charge on any atom is -0.495 e. The Morgan fingerprint density at radius 1 is 1.29 bits per heavy atom. The molecule has 1 heterocycles. The average Bonchev–Trinajstić information content (AvgIpc) is 2.76. The molecule has 2 aromatic rings. The second-order valence-electron chi connectivity index (χ2n) is 3.42. The van der Waals surface area contributed by atoms with E-state index in [0.717, 1.165) is 4.88 Å². The van der Waals surface area contributed by atoms with Gasteiger partial charge in [0, 0.05) is 15.6 Å². The zero-order valence-electron chi connectivity index (χ0n) is 8.98. The normalized spacial score (nSPS) is 12.5. The molecule has 1 aromatic carbocycles. The van der Waals surface area contributed by atoms with Gasteiger partial charge in [-0.15, -0.1) is 11.3 Å². The number of halogens is 2. The Morgan fingerprint density at radius 2 is 2.06 bits per heavy atom. The van der Waals surface area contributed by atoms with Gasteiger partial charge in [0.1, 0.15) is 11.9 Å². The first-order valence-corrected chi connectivity index (χ1v) is 6.51. The quantitative estimate of drug-likeness (QED) is 0.920. The second-order valence-corrected chi connectivity index (χ2v) is 5.21. The molecule has 0 spiro atoms. The molecule has 1 aromatic heterocycles. The Labute approximate surface area is 113 Å². The molecule has 0 fully saturated rings. The van der Waals surface area contributed by atoms with Crippen molar-refractivity contribution in [3.05, 3.63) is 50.1 Å². The van der Waals surface area contributed by atoms with Gasteiger partial charge in [0.2, 0.25) is 0 Å². The second kappa shape index (κ2) is 5.27. The first-order valence-electron chi connectivity index (χ1n) is 4.88. The van der Waals surface area contributed by atoms with E-state index in [9.17, 15) is 5.11 Å². The molecule has 1 N–H and O–H groups in total. The molecule has 0 radical (unpaired) electrons. The van der Waals surface area contributed by atoms with Crippen LogP contribution in [0, 0.1) is 0 Å². The number of methoxy groups -OCH3 is 1. The molecule has 1 atom stereocenters. The van der Waals surface area contributed by atoms with Gasteiger partial charge < -0.3 is 9.84 Å². The molecular formula is C12H10Cl2O2S. The van der Waals surface area contributed by atoms with Gasteiger partial charge in [-0.05, 0) is 23.6 Å². The minimum absolute atomic E-state index is 0.445. The summed E-state index contributed by atoms with van der Waals surface area (Å²) in [7, 11) is 1.57. The van der Waals surface area contributed by atoms with E-state index in [0.29, 0.717) is 21.4 Å². The fraction of sp³-hybridized carbons (Fsp3) is 0.167. The molecule has 17 heavy (non-hydrogen) atoms. The van der Waals surface area contributed by atoms with Crippen LogP contribution in [-0.2, 0) is 0 Å². The molecule has 0 saturated carbocycles. The van der Waals surface area contributed by atoms with E-state index < -0.39 is 6.10 Å². The van der Waals surface area contributed by atoms with E-state index in [1.807, 2.05) is 11.4 Å². The zero-order valence-corrected chi connectivity index (χ0v) is 11.3. The van der Waals surface area contributed by atoms with Gasteiger partial charge in [-0.2, -0.15) is 0 Å². The van der Waals surface area contributed by atoms with Gasteiger partial charge in [0.15, 0.2) is 0 Å². The fourth-order valence-electron chi connectivity index (χ4n) is 1.54. The monoisotopic (exact) mass is 288 g/mol. The number of benzene rings is 1. The summed E-state index contributed by atoms with van der Waals surface area (Å²) >= 11 is 13.3. The van der Waals surface area contributed by atoms with Crippen molar-refractivity contribution in [2.24, 2.45) is 0 Å². The lowest BCUT2D eigenvalue weighted by Gasteiger charge is -2.13. The van der Waals surface area contributed by atoms with E-state index in [1.54, 1.807) is 25.3 Å². The van der Waals surface area contributed by atoms with Crippen molar-refractivity contribution in [1.29, 1.82) is 0 Å². The SMILES string of the molecule is COc1ccsc1C(O)c1ccc(Cl)cc1Cl. The van der Waals surface area contributed by atoms with Crippen LogP contribution in [0.1, 0.15) is 16.5 Å². The molecule has 5 heteroatoms. The smallest absolute Gasteiger partial charge is 0.135 e. The molecule has 90 valence electrons. The third-order valence-corrected chi connectivity index (χ3v) is 3.90. The topological polar surface area (TPSA) is 29.5 Å².